The third-order valence-corrected chi connectivity index (χ3v) is 3.73. The van der Waals surface area contributed by atoms with E-state index in [1.807, 2.05) is 13.8 Å². The van der Waals surface area contributed by atoms with Crippen LogP contribution in [0.1, 0.15) is 37.8 Å². The van der Waals surface area contributed by atoms with E-state index in [0.717, 1.165) is 18.6 Å². The third kappa shape index (κ3) is 7.13. The first-order chi connectivity index (χ1) is 11.5. The van der Waals surface area contributed by atoms with Crippen LogP contribution < -0.4 is 11.1 Å². The number of hydrogen-bond donors (Lipinski definition) is 3. The molecule has 1 rings (SSSR count). The van der Waals surface area contributed by atoms with Crippen molar-refractivity contribution in [2.24, 2.45) is 11.7 Å². The van der Waals surface area contributed by atoms with Gasteiger partial charge in [0.1, 0.15) is 6.04 Å². The maximum absolute atomic E-state index is 12.5. The Morgan fingerprint density at radius 1 is 1.16 bits per heavy atom. The average molecular weight is 360 g/mol. The number of alkyl halides is 3. The van der Waals surface area contributed by atoms with Crippen molar-refractivity contribution in [2.75, 3.05) is 0 Å². The molecule has 0 spiro atoms. The van der Waals surface area contributed by atoms with E-state index < -0.39 is 35.7 Å². The second kappa shape index (κ2) is 8.84. The van der Waals surface area contributed by atoms with Gasteiger partial charge < -0.3 is 16.2 Å². The second-order valence-corrected chi connectivity index (χ2v) is 6.38. The van der Waals surface area contributed by atoms with Crippen molar-refractivity contribution in [1.29, 1.82) is 0 Å². The molecule has 0 fully saturated rings. The number of nitrogens with one attached hydrogen (secondary N) is 1. The molecule has 0 aliphatic rings. The molecular weight excluding hydrogens is 337 g/mol. The second-order valence-electron chi connectivity index (χ2n) is 6.38. The average Bonchev–Trinajstić information content (AvgIpc) is 2.51. The largest absolute Gasteiger partial charge is 0.480 e. The third-order valence-electron chi connectivity index (χ3n) is 3.73. The molecule has 2 atom stereocenters. The summed E-state index contributed by atoms with van der Waals surface area (Å²) in [4.78, 5) is 23.3. The van der Waals surface area contributed by atoms with Crippen molar-refractivity contribution < 1.29 is 27.9 Å². The summed E-state index contributed by atoms with van der Waals surface area (Å²) >= 11 is 0. The molecule has 5 nitrogen and oxygen atoms in total. The Morgan fingerprint density at radius 3 is 2.16 bits per heavy atom. The molecule has 25 heavy (non-hydrogen) atoms. The number of carbonyl (C=O) groups excluding carboxylic acids is 1. The zero-order valence-corrected chi connectivity index (χ0v) is 14.1. The molecule has 140 valence electrons. The van der Waals surface area contributed by atoms with E-state index in [9.17, 15) is 27.9 Å². The van der Waals surface area contributed by atoms with Gasteiger partial charge in [-0.15, -0.1) is 0 Å². The lowest BCUT2D eigenvalue weighted by molar-refractivity contribution is -0.142. The molecule has 1 amide bonds. The molecule has 0 aliphatic heterocycles. The first kappa shape index (κ1) is 21.0. The number of nitrogens with two attached hydrogens (primary N) is 1. The predicted octanol–water partition coefficient (Wildman–Crippen LogP) is 2.58. The molecule has 1 aromatic rings. The van der Waals surface area contributed by atoms with Crippen molar-refractivity contribution in [1.82, 2.24) is 5.32 Å². The molecule has 0 saturated heterocycles. The van der Waals surface area contributed by atoms with Gasteiger partial charge in [-0.2, -0.15) is 13.2 Å². The van der Waals surface area contributed by atoms with Gasteiger partial charge in [0.15, 0.2) is 0 Å². The minimum absolute atomic E-state index is 0.129. The van der Waals surface area contributed by atoms with Gasteiger partial charge in [-0.25, -0.2) is 4.79 Å². The summed E-state index contributed by atoms with van der Waals surface area (Å²) in [7, 11) is 0. The Balaban J connectivity index is 2.71. The van der Waals surface area contributed by atoms with Crippen LogP contribution in [-0.4, -0.2) is 29.1 Å². The van der Waals surface area contributed by atoms with E-state index in [1.54, 1.807) is 0 Å². The smallest absolute Gasteiger partial charge is 0.416 e. The summed E-state index contributed by atoms with van der Waals surface area (Å²) in [5.74, 6) is -1.49. The van der Waals surface area contributed by atoms with E-state index in [-0.39, 0.29) is 6.42 Å². The number of hydrogen-bond acceptors (Lipinski definition) is 3. The molecule has 0 radical (unpaired) electrons. The van der Waals surface area contributed by atoms with Crippen LogP contribution in [0.25, 0.3) is 0 Å². The highest BCUT2D eigenvalue weighted by Gasteiger charge is 2.30. The minimum atomic E-state index is -4.46. The monoisotopic (exact) mass is 360 g/mol. The number of carboxylic acids is 1. The number of halogens is 3. The first-order valence-electron chi connectivity index (χ1n) is 7.95. The van der Waals surface area contributed by atoms with Crippen molar-refractivity contribution in [3.63, 3.8) is 0 Å². The van der Waals surface area contributed by atoms with Crippen molar-refractivity contribution >= 4 is 11.9 Å². The lowest BCUT2D eigenvalue weighted by Gasteiger charge is -2.18. The summed E-state index contributed by atoms with van der Waals surface area (Å²) in [6, 6.07) is 2.08. The Bertz CT molecular complexity index is 586. The maximum Gasteiger partial charge on any atom is 0.416 e. The fourth-order valence-electron chi connectivity index (χ4n) is 2.19. The maximum atomic E-state index is 12.5. The summed E-state index contributed by atoms with van der Waals surface area (Å²) in [5.41, 5.74) is 5.30. The minimum Gasteiger partial charge on any atom is -0.480 e. The van der Waals surface area contributed by atoms with Crippen molar-refractivity contribution in [3.8, 4) is 0 Å². The summed E-state index contributed by atoms with van der Waals surface area (Å²) in [6.45, 7) is 3.96. The van der Waals surface area contributed by atoms with Crippen LogP contribution in [0.5, 0.6) is 0 Å². The van der Waals surface area contributed by atoms with E-state index in [2.05, 4.69) is 5.32 Å². The van der Waals surface area contributed by atoms with Crippen LogP contribution in [-0.2, 0) is 22.2 Å². The molecule has 0 aliphatic carbocycles. The molecule has 0 bridgehead atoms. The number of rotatable bonds is 8. The van der Waals surface area contributed by atoms with Gasteiger partial charge in [0.2, 0.25) is 5.91 Å². The first-order valence-corrected chi connectivity index (χ1v) is 7.95. The summed E-state index contributed by atoms with van der Waals surface area (Å²) in [5, 5.41) is 11.6. The van der Waals surface area contributed by atoms with E-state index in [1.165, 1.54) is 12.1 Å². The molecule has 4 N–H and O–H groups in total. The van der Waals surface area contributed by atoms with Crippen molar-refractivity contribution in [2.45, 2.75) is 51.4 Å². The van der Waals surface area contributed by atoms with E-state index in [0.29, 0.717) is 17.9 Å². The van der Waals surface area contributed by atoms with Gasteiger partial charge in [0, 0.05) is 6.42 Å². The molecule has 0 saturated carbocycles. The Labute approximate surface area is 144 Å². The topological polar surface area (TPSA) is 92.4 Å². The van der Waals surface area contributed by atoms with Crippen LogP contribution in [0.2, 0.25) is 0 Å². The lowest BCUT2D eigenvalue weighted by atomic mass is 10.0. The Hall–Kier alpha value is -2.09. The van der Waals surface area contributed by atoms with Gasteiger partial charge in [-0.05, 0) is 36.5 Å². The summed E-state index contributed by atoms with van der Waals surface area (Å²) in [6.07, 6.45) is -3.43. The molecule has 0 unspecified atom stereocenters. The van der Waals surface area contributed by atoms with Crippen LogP contribution in [0.3, 0.4) is 0 Å². The van der Waals surface area contributed by atoms with Gasteiger partial charge >= 0.3 is 12.1 Å². The van der Waals surface area contributed by atoms with Gasteiger partial charge in [0.05, 0.1) is 11.6 Å². The Kier molecular flexibility index (Phi) is 7.41. The number of carboxylic acid groups (broad SMARTS) is 1. The highest BCUT2D eigenvalue weighted by Crippen LogP contribution is 2.29. The quantitative estimate of drug-likeness (QED) is 0.664. The normalized spacial score (nSPS) is 14.2. The fourth-order valence-corrected chi connectivity index (χ4v) is 2.19. The van der Waals surface area contributed by atoms with E-state index >= 15 is 0 Å². The highest BCUT2D eigenvalue weighted by atomic mass is 19.4. The SMILES string of the molecule is CC(C)CC[C@H](N)C(=O)N[C@@H](Cc1ccc(C(F)(F)F)cc1)C(=O)O. The standard InChI is InChI=1S/C17H23F3N2O3/c1-10(2)3-8-13(21)15(23)22-14(16(24)25)9-11-4-6-12(7-5-11)17(18,19)20/h4-7,10,13-14H,3,8-9,21H2,1-2H3,(H,22,23)(H,24,25)/t13-,14-/m0/s1. The van der Waals surface area contributed by atoms with Crippen LogP contribution >= 0.6 is 0 Å². The molecule has 0 aromatic heterocycles. The zero-order chi connectivity index (χ0) is 19.2. The molecule has 0 heterocycles. The van der Waals surface area contributed by atoms with Crippen LogP contribution in [0.4, 0.5) is 13.2 Å². The molecular formula is C17H23F3N2O3. The van der Waals surface area contributed by atoms with Crippen LogP contribution in [0, 0.1) is 5.92 Å². The fraction of sp³-hybridized carbons (Fsp3) is 0.529. The van der Waals surface area contributed by atoms with Crippen molar-refractivity contribution in [3.05, 3.63) is 35.4 Å². The van der Waals surface area contributed by atoms with Crippen LogP contribution in [0.15, 0.2) is 24.3 Å². The molecule has 8 heteroatoms. The Morgan fingerprint density at radius 2 is 1.72 bits per heavy atom. The molecule has 1 aromatic carbocycles. The zero-order valence-electron chi connectivity index (χ0n) is 14.1. The number of amides is 1. The van der Waals surface area contributed by atoms with Gasteiger partial charge in [-0.1, -0.05) is 26.0 Å². The number of carbonyl (C=O) groups is 2. The lowest BCUT2D eigenvalue weighted by Crippen LogP contribution is -2.49. The van der Waals surface area contributed by atoms with Gasteiger partial charge in [-0.3, -0.25) is 4.79 Å². The summed E-state index contributed by atoms with van der Waals surface area (Å²) < 4.78 is 37.6. The predicted molar refractivity (Wildman–Crippen MR) is 86.8 cm³/mol. The van der Waals surface area contributed by atoms with Gasteiger partial charge in [0.25, 0.3) is 0 Å². The number of aliphatic carboxylic acids is 1. The highest BCUT2D eigenvalue weighted by molar-refractivity contribution is 5.86. The van der Waals surface area contributed by atoms with E-state index in [4.69, 9.17) is 5.73 Å². The number of benzene rings is 1.